The summed E-state index contributed by atoms with van der Waals surface area (Å²) >= 11 is 0. The van der Waals surface area contributed by atoms with Crippen molar-refractivity contribution in [2.75, 3.05) is 37.6 Å². The Morgan fingerprint density at radius 3 is 2.71 bits per heavy atom. The summed E-state index contributed by atoms with van der Waals surface area (Å²) in [6.07, 6.45) is 2.76. The number of aromatic nitrogens is 2. The van der Waals surface area contributed by atoms with Gasteiger partial charge in [0.25, 0.3) is 0 Å². The molecule has 6 nitrogen and oxygen atoms in total. The first-order chi connectivity index (χ1) is 13.7. The minimum Gasteiger partial charge on any atom is -0.368 e. The fourth-order valence-corrected chi connectivity index (χ4v) is 3.74. The van der Waals surface area contributed by atoms with E-state index in [1.807, 2.05) is 29.4 Å². The molecule has 6 heteroatoms. The summed E-state index contributed by atoms with van der Waals surface area (Å²) in [5, 5.41) is 3.06. The average molecular weight is 377 g/mol. The zero-order valence-corrected chi connectivity index (χ0v) is 16.3. The molecule has 0 bridgehead atoms. The van der Waals surface area contributed by atoms with Crippen LogP contribution in [0.15, 0.2) is 54.9 Å². The molecule has 1 aromatic heterocycles. The van der Waals surface area contributed by atoms with E-state index in [0.717, 1.165) is 50.2 Å². The predicted octanol–water partition coefficient (Wildman–Crippen LogP) is 3.27. The molecule has 0 aliphatic carbocycles. The summed E-state index contributed by atoms with van der Waals surface area (Å²) in [4.78, 5) is 21.1. The number of hydrogen-bond donors (Lipinski definition) is 1. The number of nitrogens with zero attached hydrogens (tertiary/aromatic N) is 4. The van der Waals surface area contributed by atoms with Crippen molar-refractivity contribution in [2.24, 2.45) is 0 Å². The van der Waals surface area contributed by atoms with Crippen LogP contribution in [0.4, 0.5) is 10.5 Å². The summed E-state index contributed by atoms with van der Waals surface area (Å²) in [6, 6.07) is 16.7. The Balaban J connectivity index is 1.21. The van der Waals surface area contributed by atoms with Crippen LogP contribution in [0.25, 0.3) is 11.0 Å². The third-order valence-electron chi connectivity index (χ3n) is 5.31. The molecule has 146 valence electrons. The number of anilines is 1. The lowest BCUT2D eigenvalue weighted by molar-refractivity contribution is 0.194. The van der Waals surface area contributed by atoms with E-state index >= 15 is 0 Å². The van der Waals surface area contributed by atoms with Gasteiger partial charge in [-0.15, -0.1) is 0 Å². The topological polar surface area (TPSA) is 53.4 Å². The molecular formula is C22H27N5O. The molecule has 0 atom stereocenters. The van der Waals surface area contributed by atoms with E-state index in [1.54, 1.807) is 0 Å². The Hall–Kier alpha value is -3.02. The van der Waals surface area contributed by atoms with Gasteiger partial charge in [0.2, 0.25) is 0 Å². The van der Waals surface area contributed by atoms with Crippen molar-refractivity contribution in [3.63, 3.8) is 0 Å². The van der Waals surface area contributed by atoms with E-state index < -0.39 is 0 Å². The summed E-state index contributed by atoms with van der Waals surface area (Å²) in [5.41, 5.74) is 4.66. The quantitative estimate of drug-likeness (QED) is 0.695. The highest BCUT2D eigenvalue weighted by molar-refractivity contribution is 5.75. The molecule has 1 saturated heterocycles. The highest BCUT2D eigenvalue weighted by Crippen LogP contribution is 2.18. The number of aryl methyl sites for hydroxylation is 2. The third kappa shape index (κ3) is 4.11. The Bertz CT molecular complexity index is 943. The number of fused-ring (bicyclic) bond motifs is 1. The van der Waals surface area contributed by atoms with Gasteiger partial charge >= 0.3 is 6.03 Å². The number of carbonyl (C=O) groups excluding carboxylic acids is 1. The predicted molar refractivity (Wildman–Crippen MR) is 113 cm³/mol. The fourth-order valence-electron chi connectivity index (χ4n) is 3.74. The first-order valence-electron chi connectivity index (χ1n) is 9.95. The molecule has 1 aliphatic rings. The number of hydrogen-bond acceptors (Lipinski definition) is 3. The average Bonchev–Trinajstić information content (AvgIpc) is 3.14. The first kappa shape index (κ1) is 18.3. The van der Waals surface area contributed by atoms with Crippen LogP contribution in [0.5, 0.6) is 0 Å². The lowest BCUT2D eigenvalue weighted by Crippen LogP contribution is -2.52. The second-order valence-electron chi connectivity index (χ2n) is 7.33. The Morgan fingerprint density at radius 1 is 1.07 bits per heavy atom. The Kier molecular flexibility index (Phi) is 5.46. The van der Waals surface area contributed by atoms with E-state index in [2.05, 4.69) is 57.0 Å². The molecule has 4 rings (SSSR count). The normalized spacial score (nSPS) is 14.5. The minimum atomic E-state index is 0.0411. The number of benzene rings is 2. The smallest absolute Gasteiger partial charge is 0.317 e. The summed E-state index contributed by atoms with van der Waals surface area (Å²) in [6.45, 7) is 6.89. The lowest BCUT2D eigenvalue weighted by Gasteiger charge is -2.36. The maximum atomic E-state index is 12.4. The monoisotopic (exact) mass is 377 g/mol. The fraction of sp³-hybridized carbons (Fsp3) is 0.364. The van der Waals surface area contributed by atoms with E-state index in [0.29, 0.717) is 6.54 Å². The van der Waals surface area contributed by atoms with Gasteiger partial charge in [0.1, 0.15) is 0 Å². The SMILES string of the molecule is Cc1cccc(N2CCN(C(=O)NCCCn3cnc4ccccc43)CC2)c1. The number of amides is 2. The van der Waals surface area contributed by atoms with Crippen LogP contribution < -0.4 is 10.2 Å². The molecule has 1 N–H and O–H groups in total. The molecule has 2 heterocycles. The van der Waals surface area contributed by atoms with Crippen LogP contribution in [0.2, 0.25) is 0 Å². The number of nitrogens with one attached hydrogen (secondary N) is 1. The van der Waals surface area contributed by atoms with Gasteiger partial charge in [-0.25, -0.2) is 9.78 Å². The maximum absolute atomic E-state index is 12.4. The Labute approximate surface area is 165 Å². The molecule has 0 radical (unpaired) electrons. The van der Waals surface area contributed by atoms with Crippen molar-refractivity contribution in [3.05, 3.63) is 60.4 Å². The van der Waals surface area contributed by atoms with Gasteiger partial charge in [-0.1, -0.05) is 24.3 Å². The lowest BCUT2D eigenvalue weighted by atomic mass is 10.2. The minimum absolute atomic E-state index is 0.0411. The third-order valence-corrected chi connectivity index (χ3v) is 5.31. The van der Waals surface area contributed by atoms with Gasteiger partial charge in [-0.2, -0.15) is 0 Å². The summed E-state index contributed by atoms with van der Waals surface area (Å²) in [5.74, 6) is 0. The van der Waals surface area contributed by atoms with Crippen LogP contribution in [0.3, 0.4) is 0 Å². The van der Waals surface area contributed by atoms with Crippen molar-refractivity contribution < 1.29 is 4.79 Å². The summed E-state index contributed by atoms with van der Waals surface area (Å²) < 4.78 is 2.14. The van der Waals surface area contributed by atoms with Crippen molar-refractivity contribution in [1.82, 2.24) is 19.8 Å². The zero-order valence-electron chi connectivity index (χ0n) is 16.3. The van der Waals surface area contributed by atoms with Gasteiger partial charge in [0.05, 0.1) is 17.4 Å². The second-order valence-corrected chi connectivity index (χ2v) is 7.33. The molecular weight excluding hydrogens is 350 g/mol. The molecule has 3 aromatic rings. The zero-order chi connectivity index (χ0) is 19.3. The number of imidazole rings is 1. The molecule has 0 spiro atoms. The van der Waals surface area contributed by atoms with Crippen LogP contribution in [-0.2, 0) is 6.54 Å². The molecule has 1 fully saturated rings. The number of piperazine rings is 1. The van der Waals surface area contributed by atoms with E-state index in [9.17, 15) is 4.79 Å². The number of para-hydroxylation sites is 2. The van der Waals surface area contributed by atoms with Crippen LogP contribution in [0, 0.1) is 6.92 Å². The van der Waals surface area contributed by atoms with Gasteiger partial charge in [0, 0.05) is 45.0 Å². The van der Waals surface area contributed by atoms with Gasteiger partial charge in [-0.3, -0.25) is 0 Å². The molecule has 28 heavy (non-hydrogen) atoms. The van der Waals surface area contributed by atoms with E-state index in [1.165, 1.54) is 11.3 Å². The largest absolute Gasteiger partial charge is 0.368 e. The van der Waals surface area contributed by atoms with Crippen LogP contribution in [0.1, 0.15) is 12.0 Å². The van der Waals surface area contributed by atoms with Crippen LogP contribution in [-0.4, -0.2) is 53.2 Å². The standard InChI is InChI=1S/C22H27N5O/c1-18-6-4-7-19(16-18)25-12-14-26(15-13-25)22(28)23-10-5-11-27-17-24-20-8-2-3-9-21(20)27/h2-4,6-9,16-17H,5,10-15H2,1H3,(H,23,28). The second kappa shape index (κ2) is 8.33. The van der Waals surface area contributed by atoms with E-state index in [-0.39, 0.29) is 6.03 Å². The van der Waals surface area contributed by atoms with Crippen molar-refractivity contribution in [2.45, 2.75) is 19.9 Å². The number of rotatable bonds is 5. The molecule has 0 saturated carbocycles. The summed E-state index contributed by atoms with van der Waals surface area (Å²) in [7, 11) is 0. The Morgan fingerprint density at radius 2 is 1.89 bits per heavy atom. The molecule has 2 aromatic carbocycles. The van der Waals surface area contributed by atoms with Crippen molar-refractivity contribution in [3.8, 4) is 0 Å². The number of carbonyl (C=O) groups is 1. The van der Waals surface area contributed by atoms with Gasteiger partial charge in [0.15, 0.2) is 0 Å². The highest BCUT2D eigenvalue weighted by Gasteiger charge is 2.20. The van der Waals surface area contributed by atoms with Crippen LogP contribution >= 0.6 is 0 Å². The van der Waals surface area contributed by atoms with Gasteiger partial charge < -0.3 is 19.7 Å². The first-order valence-corrected chi connectivity index (χ1v) is 9.95. The number of urea groups is 1. The van der Waals surface area contributed by atoms with Gasteiger partial charge in [-0.05, 0) is 43.2 Å². The van der Waals surface area contributed by atoms with E-state index in [4.69, 9.17) is 0 Å². The highest BCUT2D eigenvalue weighted by atomic mass is 16.2. The van der Waals surface area contributed by atoms with Crippen molar-refractivity contribution >= 4 is 22.8 Å². The molecule has 0 unspecified atom stereocenters. The maximum Gasteiger partial charge on any atom is 0.317 e. The van der Waals surface area contributed by atoms with Crippen molar-refractivity contribution in [1.29, 1.82) is 0 Å². The molecule has 2 amide bonds. The molecule has 1 aliphatic heterocycles.